The van der Waals surface area contributed by atoms with Gasteiger partial charge < -0.3 is 19.8 Å². The van der Waals surface area contributed by atoms with Gasteiger partial charge in [-0.1, -0.05) is 0 Å². The highest BCUT2D eigenvalue weighted by molar-refractivity contribution is 5.86. The van der Waals surface area contributed by atoms with E-state index in [1.807, 2.05) is 11.0 Å². The first-order chi connectivity index (χ1) is 13.6. The smallest absolute Gasteiger partial charge is 0.352 e. The third kappa shape index (κ3) is 5.56. The summed E-state index contributed by atoms with van der Waals surface area (Å²) in [4.78, 5) is 18.8. The van der Waals surface area contributed by atoms with Gasteiger partial charge in [0.15, 0.2) is 0 Å². The zero-order chi connectivity index (χ0) is 21.2. The van der Waals surface area contributed by atoms with Gasteiger partial charge in [-0.15, -0.1) is 0 Å². The Kier molecular flexibility index (Phi) is 6.98. The molecule has 3 rings (SSSR count). The van der Waals surface area contributed by atoms with Crippen molar-refractivity contribution in [2.24, 2.45) is 11.8 Å². The van der Waals surface area contributed by atoms with Gasteiger partial charge in [0.05, 0.1) is 6.54 Å². The lowest BCUT2D eigenvalue weighted by molar-refractivity contribution is -0.135. The van der Waals surface area contributed by atoms with Gasteiger partial charge in [-0.2, -0.15) is 0 Å². The van der Waals surface area contributed by atoms with Crippen LogP contribution in [0.25, 0.3) is 0 Å². The number of piperidine rings is 2. The number of rotatable bonds is 5. The summed E-state index contributed by atoms with van der Waals surface area (Å²) >= 11 is 0. The Morgan fingerprint density at radius 3 is 2.07 bits per heavy atom. The van der Waals surface area contributed by atoms with E-state index in [-0.39, 0.29) is 5.54 Å². The van der Waals surface area contributed by atoms with E-state index in [1.54, 1.807) is 6.08 Å². The van der Waals surface area contributed by atoms with Gasteiger partial charge in [-0.3, -0.25) is 0 Å². The van der Waals surface area contributed by atoms with Gasteiger partial charge in [0, 0.05) is 30.4 Å². The molecule has 2 saturated heterocycles. The van der Waals surface area contributed by atoms with Crippen molar-refractivity contribution < 1.29 is 9.90 Å². The topological polar surface area (TPSA) is 47.0 Å². The molecule has 3 aliphatic rings. The SMILES string of the molecule is CC(C)N1CCC(CC2CCN(C3=CC=C(C(=O)O)N(C(C)(C)C)C3)CC2)CC1. The molecule has 0 unspecified atom stereocenters. The zero-order valence-electron chi connectivity index (χ0n) is 19.2. The highest BCUT2D eigenvalue weighted by Gasteiger charge is 2.32. The molecule has 1 N–H and O–H groups in total. The molecular weight excluding hydrogens is 362 g/mol. The summed E-state index contributed by atoms with van der Waals surface area (Å²) in [5.41, 5.74) is 1.48. The van der Waals surface area contributed by atoms with Crippen LogP contribution in [0.4, 0.5) is 0 Å². The van der Waals surface area contributed by atoms with Crippen molar-refractivity contribution in [2.45, 2.75) is 78.3 Å². The van der Waals surface area contributed by atoms with E-state index in [2.05, 4.69) is 44.4 Å². The molecule has 0 saturated carbocycles. The molecule has 0 radical (unpaired) electrons. The lowest BCUT2D eigenvalue weighted by atomic mass is 9.82. The first-order valence-corrected chi connectivity index (χ1v) is 11.6. The first kappa shape index (κ1) is 22.2. The molecule has 0 spiro atoms. The van der Waals surface area contributed by atoms with E-state index in [1.165, 1.54) is 50.9 Å². The van der Waals surface area contributed by atoms with Crippen LogP contribution >= 0.6 is 0 Å². The summed E-state index contributed by atoms with van der Waals surface area (Å²) in [6.45, 7) is 16.3. The number of hydrogen-bond acceptors (Lipinski definition) is 4. The van der Waals surface area contributed by atoms with Crippen molar-refractivity contribution in [2.75, 3.05) is 32.7 Å². The minimum atomic E-state index is -0.836. The average Bonchev–Trinajstić information content (AvgIpc) is 2.68. The number of nitrogens with zero attached hydrogens (tertiary/aromatic N) is 3. The molecule has 164 valence electrons. The fraction of sp³-hybridized carbons (Fsp3) is 0.792. The molecule has 0 aliphatic carbocycles. The van der Waals surface area contributed by atoms with Crippen LogP contribution in [0.2, 0.25) is 0 Å². The van der Waals surface area contributed by atoms with Crippen molar-refractivity contribution in [1.29, 1.82) is 0 Å². The normalized spacial score (nSPS) is 23.4. The molecule has 0 aromatic heterocycles. The summed E-state index contributed by atoms with van der Waals surface area (Å²) in [7, 11) is 0. The molecule has 2 fully saturated rings. The lowest BCUT2D eigenvalue weighted by Gasteiger charge is -2.44. The van der Waals surface area contributed by atoms with Crippen molar-refractivity contribution in [3.8, 4) is 0 Å². The average molecular weight is 404 g/mol. The molecule has 0 aromatic rings. The number of likely N-dealkylation sites (tertiary alicyclic amines) is 2. The fourth-order valence-electron chi connectivity index (χ4n) is 5.19. The minimum absolute atomic E-state index is 0.201. The number of carbonyl (C=O) groups is 1. The maximum absolute atomic E-state index is 11.6. The predicted octanol–water partition coefficient (Wildman–Crippen LogP) is 4.18. The molecule has 0 bridgehead atoms. The summed E-state index contributed by atoms with van der Waals surface area (Å²) < 4.78 is 0. The summed E-state index contributed by atoms with van der Waals surface area (Å²) in [5.74, 6) is 0.931. The molecule has 0 atom stereocenters. The van der Waals surface area contributed by atoms with Crippen LogP contribution in [-0.4, -0.2) is 70.1 Å². The number of aliphatic carboxylic acids is 1. The summed E-state index contributed by atoms with van der Waals surface area (Å²) in [6.07, 6.45) is 10.5. The molecule has 0 aromatic carbocycles. The molecule has 29 heavy (non-hydrogen) atoms. The van der Waals surface area contributed by atoms with Crippen LogP contribution < -0.4 is 0 Å². The Bertz CT molecular complexity index is 631. The Balaban J connectivity index is 1.51. The van der Waals surface area contributed by atoms with Gasteiger partial charge in [0.2, 0.25) is 0 Å². The van der Waals surface area contributed by atoms with Crippen molar-refractivity contribution in [1.82, 2.24) is 14.7 Å². The Morgan fingerprint density at radius 2 is 1.59 bits per heavy atom. The van der Waals surface area contributed by atoms with Gasteiger partial charge in [-0.25, -0.2) is 4.79 Å². The number of carboxylic acids is 1. The lowest BCUT2D eigenvalue weighted by Crippen LogP contribution is -2.48. The molecule has 5 nitrogen and oxygen atoms in total. The van der Waals surface area contributed by atoms with Crippen LogP contribution in [0.5, 0.6) is 0 Å². The fourth-order valence-corrected chi connectivity index (χ4v) is 5.19. The molecule has 5 heteroatoms. The Hall–Kier alpha value is -1.49. The number of carboxylic acid groups (broad SMARTS) is 1. The standard InChI is InChI=1S/C24H41N3O2/c1-18(2)25-12-8-19(9-13-25)16-20-10-14-26(15-11-20)21-6-7-22(23(28)29)27(17-21)24(3,4)5/h6-7,18-20H,8-17H2,1-5H3,(H,28,29). The van der Waals surface area contributed by atoms with Crippen LogP contribution in [0.3, 0.4) is 0 Å². The summed E-state index contributed by atoms with van der Waals surface area (Å²) in [6, 6.07) is 0.686. The highest BCUT2D eigenvalue weighted by Crippen LogP contribution is 2.33. The maximum atomic E-state index is 11.6. The third-order valence-corrected chi connectivity index (χ3v) is 7.14. The maximum Gasteiger partial charge on any atom is 0.352 e. The molecule has 3 heterocycles. The Morgan fingerprint density at radius 1 is 1.03 bits per heavy atom. The first-order valence-electron chi connectivity index (χ1n) is 11.6. The van der Waals surface area contributed by atoms with E-state index in [4.69, 9.17) is 0 Å². The van der Waals surface area contributed by atoms with Crippen molar-refractivity contribution in [3.63, 3.8) is 0 Å². The Labute approximate surface area is 177 Å². The van der Waals surface area contributed by atoms with Crippen molar-refractivity contribution in [3.05, 3.63) is 23.5 Å². The molecule has 3 aliphatic heterocycles. The largest absolute Gasteiger partial charge is 0.477 e. The second-order valence-corrected chi connectivity index (χ2v) is 10.5. The van der Waals surface area contributed by atoms with Crippen LogP contribution in [0, 0.1) is 11.8 Å². The second-order valence-electron chi connectivity index (χ2n) is 10.5. The highest BCUT2D eigenvalue weighted by atomic mass is 16.4. The van der Waals surface area contributed by atoms with Crippen LogP contribution in [0.15, 0.2) is 23.5 Å². The van der Waals surface area contributed by atoms with Gasteiger partial charge in [0.1, 0.15) is 5.70 Å². The van der Waals surface area contributed by atoms with E-state index >= 15 is 0 Å². The minimum Gasteiger partial charge on any atom is -0.477 e. The van der Waals surface area contributed by atoms with Gasteiger partial charge >= 0.3 is 5.97 Å². The zero-order valence-corrected chi connectivity index (χ0v) is 19.2. The van der Waals surface area contributed by atoms with E-state index in [9.17, 15) is 9.90 Å². The van der Waals surface area contributed by atoms with E-state index in [0.717, 1.165) is 24.9 Å². The van der Waals surface area contributed by atoms with Gasteiger partial charge in [0.25, 0.3) is 0 Å². The molecule has 0 amide bonds. The van der Waals surface area contributed by atoms with Crippen LogP contribution in [0.1, 0.15) is 66.7 Å². The molecular formula is C24H41N3O2. The summed E-state index contributed by atoms with van der Waals surface area (Å²) in [5, 5.41) is 9.55. The number of hydrogen-bond donors (Lipinski definition) is 1. The monoisotopic (exact) mass is 403 g/mol. The van der Waals surface area contributed by atoms with Gasteiger partial charge in [-0.05, 0) is 104 Å². The van der Waals surface area contributed by atoms with E-state index < -0.39 is 5.97 Å². The predicted molar refractivity (Wildman–Crippen MR) is 119 cm³/mol. The quantitative estimate of drug-likeness (QED) is 0.746. The van der Waals surface area contributed by atoms with E-state index in [0.29, 0.717) is 18.3 Å². The third-order valence-electron chi connectivity index (χ3n) is 7.14. The van der Waals surface area contributed by atoms with Crippen molar-refractivity contribution >= 4 is 5.97 Å². The van der Waals surface area contributed by atoms with Crippen LogP contribution in [-0.2, 0) is 4.79 Å². The second kappa shape index (κ2) is 9.11. The number of allylic oxidation sites excluding steroid dienone is 2.